The molecule has 0 aromatic rings. The highest BCUT2D eigenvalue weighted by molar-refractivity contribution is 5.76. The van der Waals surface area contributed by atoms with E-state index in [0.29, 0.717) is 6.42 Å². The summed E-state index contributed by atoms with van der Waals surface area (Å²) in [6.07, 6.45) is 41.5. The molecule has 1 aliphatic rings. The molecule has 0 bridgehead atoms. The van der Waals surface area contributed by atoms with E-state index >= 15 is 0 Å². The monoisotopic (exact) mass is 806 g/mol. The Bertz CT molecular complexity index is 1030. The second-order valence-electron chi connectivity index (χ2n) is 16.2. The average Bonchev–Trinajstić information content (AvgIpc) is 3.21. The largest absolute Gasteiger partial charge is 0.394 e. The van der Waals surface area contributed by atoms with Crippen molar-refractivity contribution in [2.75, 3.05) is 13.2 Å². The Labute approximate surface area is 348 Å². The zero-order valence-electron chi connectivity index (χ0n) is 36.3. The number of ether oxygens (including phenoxy) is 2. The lowest BCUT2D eigenvalue weighted by Gasteiger charge is -2.40. The van der Waals surface area contributed by atoms with E-state index in [2.05, 4.69) is 55.6 Å². The van der Waals surface area contributed by atoms with Crippen LogP contribution >= 0.6 is 0 Å². The summed E-state index contributed by atoms with van der Waals surface area (Å²) in [7, 11) is 0. The molecule has 7 atom stereocenters. The Kier molecular flexibility index (Phi) is 35.8. The summed E-state index contributed by atoms with van der Waals surface area (Å²) in [4.78, 5) is 12.9. The number of hydrogen-bond donors (Lipinski definition) is 6. The number of carbonyl (C=O) groups excluding carboxylic acids is 1. The van der Waals surface area contributed by atoms with Crippen LogP contribution in [0.2, 0.25) is 0 Å². The fraction of sp³-hybridized carbons (Fsp3) is 0.812. The normalized spacial score (nSPS) is 21.4. The number of rotatable bonds is 38. The highest BCUT2D eigenvalue weighted by Gasteiger charge is 2.44. The number of allylic oxidation sites excluding steroid dienone is 7. The van der Waals surface area contributed by atoms with Crippen LogP contribution in [0.4, 0.5) is 0 Å². The van der Waals surface area contributed by atoms with Crippen LogP contribution in [0.1, 0.15) is 194 Å². The van der Waals surface area contributed by atoms with E-state index in [-0.39, 0.29) is 12.5 Å². The fourth-order valence-corrected chi connectivity index (χ4v) is 7.17. The molecule has 1 amide bonds. The van der Waals surface area contributed by atoms with E-state index in [0.717, 1.165) is 77.0 Å². The zero-order chi connectivity index (χ0) is 41.6. The maximum Gasteiger partial charge on any atom is 0.220 e. The molecule has 0 aliphatic carbocycles. The number of carbonyl (C=O) groups is 1. The summed E-state index contributed by atoms with van der Waals surface area (Å²) < 4.78 is 11.2. The molecule has 0 aromatic carbocycles. The number of unbranched alkanes of at least 4 members (excludes halogenated alkanes) is 22. The summed E-state index contributed by atoms with van der Waals surface area (Å²) in [5.41, 5.74) is 0. The number of nitrogens with one attached hydrogen (secondary N) is 1. The molecule has 9 heteroatoms. The van der Waals surface area contributed by atoms with E-state index in [1.807, 2.05) is 6.08 Å². The summed E-state index contributed by atoms with van der Waals surface area (Å²) in [6, 6.07) is -0.814. The molecule has 0 aromatic heterocycles. The fourth-order valence-electron chi connectivity index (χ4n) is 7.17. The first-order valence-electron chi connectivity index (χ1n) is 23.4. The van der Waals surface area contributed by atoms with E-state index in [1.54, 1.807) is 6.08 Å². The Morgan fingerprint density at radius 1 is 0.614 bits per heavy atom. The van der Waals surface area contributed by atoms with Crippen molar-refractivity contribution in [3.63, 3.8) is 0 Å². The van der Waals surface area contributed by atoms with Crippen LogP contribution in [0.5, 0.6) is 0 Å². The van der Waals surface area contributed by atoms with E-state index in [4.69, 9.17) is 9.47 Å². The van der Waals surface area contributed by atoms with Crippen LogP contribution in [-0.4, -0.2) is 87.5 Å². The lowest BCUT2D eigenvalue weighted by Crippen LogP contribution is -2.60. The molecule has 7 unspecified atom stereocenters. The molecule has 57 heavy (non-hydrogen) atoms. The Balaban J connectivity index is 2.36. The van der Waals surface area contributed by atoms with Gasteiger partial charge in [0.05, 0.1) is 25.4 Å². The highest BCUT2D eigenvalue weighted by Crippen LogP contribution is 2.22. The zero-order valence-corrected chi connectivity index (χ0v) is 36.3. The second kappa shape index (κ2) is 38.4. The molecule has 6 N–H and O–H groups in total. The second-order valence-corrected chi connectivity index (χ2v) is 16.2. The van der Waals surface area contributed by atoms with E-state index in [9.17, 15) is 30.3 Å². The van der Waals surface area contributed by atoms with Gasteiger partial charge >= 0.3 is 0 Å². The quantitative estimate of drug-likeness (QED) is 0.0267. The van der Waals surface area contributed by atoms with Gasteiger partial charge in [-0.05, 0) is 51.4 Å². The van der Waals surface area contributed by atoms with Gasteiger partial charge in [-0.2, -0.15) is 0 Å². The van der Waals surface area contributed by atoms with Crippen LogP contribution in [0.3, 0.4) is 0 Å². The van der Waals surface area contributed by atoms with Crippen molar-refractivity contribution in [1.29, 1.82) is 0 Å². The average molecular weight is 806 g/mol. The first kappa shape index (κ1) is 53.2. The molecular weight excluding hydrogens is 719 g/mol. The van der Waals surface area contributed by atoms with E-state index in [1.165, 1.54) is 96.3 Å². The number of aliphatic hydroxyl groups excluding tert-OH is 5. The Hall–Kier alpha value is -1.85. The van der Waals surface area contributed by atoms with Gasteiger partial charge in [0, 0.05) is 6.42 Å². The maximum atomic E-state index is 12.9. The van der Waals surface area contributed by atoms with E-state index < -0.39 is 49.5 Å². The molecule has 1 saturated heterocycles. The van der Waals surface area contributed by atoms with Gasteiger partial charge in [0.15, 0.2) is 6.29 Å². The van der Waals surface area contributed by atoms with Gasteiger partial charge in [-0.1, -0.05) is 184 Å². The van der Waals surface area contributed by atoms with Crippen molar-refractivity contribution in [3.8, 4) is 0 Å². The van der Waals surface area contributed by atoms with Gasteiger partial charge in [-0.15, -0.1) is 0 Å². The third-order valence-electron chi connectivity index (χ3n) is 10.9. The molecular formula is C48H87NO8. The summed E-state index contributed by atoms with van der Waals surface area (Å²) in [5, 5.41) is 54.2. The maximum absolute atomic E-state index is 12.9. The first-order valence-corrected chi connectivity index (χ1v) is 23.4. The Morgan fingerprint density at radius 3 is 1.61 bits per heavy atom. The minimum Gasteiger partial charge on any atom is -0.394 e. The van der Waals surface area contributed by atoms with Gasteiger partial charge in [-0.3, -0.25) is 4.79 Å². The van der Waals surface area contributed by atoms with Crippen molar-refractivity contribution < 1.29 is 39.8 Å². The lowest BCUT2D eigenvalue weighted by molar-refractivity contribution is -0.302. The van der Waals surface area contributed by atoms with Crippen LogP contribution in [0, 0.1) is 0 Å². The summed E-state index contributed by atoms with van der Waals surface area (Å²) in [6.45, 7) is 3.65. The van der Waals surface area contributed by atoms with Crippen LogP contribution in [0.25, 0.3) is 0 Å². The smallest absolute Gasteiger partial charge is 0.220 e. The third kappa shape index (κ3) is 29.1. The predicted molar refractivity (Wildman–Crippen MR) is 235 cm³/mol. The molecule has 0 radical (unpaired) electrons. The topological polar surface area (TPSA) is 149 Å². The molecule has 1 fully saturated rings. The molecule has 0 saturated carbocycles. The summed E-state index contributed by atoms with van der Waals surface area (Å²) >= 11 is 0. The molecule has 1 rings (SSSR count). The van der Waals surface area contributed by atoms with Crippen LogP contribution in [-0.2, 0) is 14.3 Å². The predicted octanol–water partition coefficient (Wildman–Crippen LogP) is 9.84. The minimum absolute atomic E-state index is 0.195. The Morgan fingerprint density at radius 2 is 1.09 bits per heavy atom. The first-order chi connectivity index (χ1) is 27.8. The lowest BCUT2D eigenvalue weighted by atomic mass is 9.99. The van der Waals surface area contributed by atoms with Crippen LogP contribution < -0.4 is 5.32 Å². The van der Waals surface area contributed by atoms with Gasteiger partial charge in [0.1, 0.15) is 24.4 Å². The van der Waals surface area contributed by atoms with Crippen molar-refractivity contribution in [3.05, 3.63) is 48.6 Å². The molecule has 1 aliphatic heterocycles. The van der Waals surface area contributed by atoms with Gasteiger partial charge in [0.25, 0.3) is 0 Å². The number of amides is 1. The van der Waals surface area contributed by atoms with Crippen molar-refractivity contribution >= 4 is 5.91 Å². The third-order valence-corrected chi connectivity index (χ3v) is 10.9. The van der Waals surface area contributed by atoms with Crippen molar-refractivity contribution in [2.24, 2.45) is 0 Å². The van der Waals surface area contributed by atoms with Gasteiger partial charge < -0.3 is 40.3 Å². The number of aliphatic hydroxyl groups is 5. The van der Waals surface area contributed by atoms with Crippen molar-refractivity contribution in [1.82, 2.24) is 5.32 Å². The standard InChI is InChI=1S/C48H87NO8/c1-3-5-7-9-11-13-15-17-19-20-21-22-24-25-27-29-31-33-35-37-42(51)41(40-56-48-47(55)46(54)45(53)43(39-50)57-48)49-44(52)38-36-34-32-30-28-26-23-18-16-14-12-10-8-6-4-2/h6,8,12,14,18,23,35,37,41-43,45-48,50-51,53-55H,3-5,7,9-11,13,15-17,19-22,24-34,36,38-40H2,1-2H3,(H,49,52)/b8-6-,14-12-,23-18-,37-35+. The van der Waals surface area contributed by atoms with Gasteiger partial charge in [-0.25, -0.2) is 0 Å². The van der Waals surface area contributed by atoms with Crippen LogP contribution in [0.15, 0.2) is 48.6 Å². The molecule has 332 valence electrons. The minimum atomic E-state index is -1.57. The van der Waals surface area contributed by atoms with Gasteiger partial charge in [0.2, 0.25) is 5.91 Å². The molecule has 0 spiro atoms. The number of hydrogen-bond acceptors (Lipinski definition) is 8. The van der Waals surface area contributed by atoms with Crippen molar-refractivity contribution in [2.45, 2.75) is 236 Å². The SMILES string of the molecule is CC/C=C\C/C=C\C/C=C\CCCCCCCC(=O)NC(COC1OC(CO)C(O)C(O)C1O)C(O)/C=C/CCCCCCCCCCCCCCCCCCC. The molecule has 1 heterocycles. The molecule has 9 nitrogen and oxygen atoms in total. The summed E-state index contributed by atoms with van der Waals surface area (Å²) in [5.74, 6) is -0.195. The highest BCUT2D eigenvalue weighted by atomic mass is 16.7.